The van der Waals surface area contributed by atoms with Crippen molar-refractivity contribution in [2.75, 3.05) is 0 Å². The van der Waals surface area contributed by atoms with E-state index in [2.05, 4.69) is 4.57 Å². The SMILES string of the molecule is Cc1ccccc1Cn1c(=O)c2c(nc3n(-c4ccccc4C)c(C)c(C)n23)n(C)c1=O. The van der Waals surface area contributed by atoms with Crippen LogP contribution in [-0.4, -0.2) is 23.1 Å². The molecule has 7 nitrogen and oxygen atoms in total. The van der Waals surface area contributed by atoms with E-state index in [1.165, 1.54) is 9.13 Å². The number of aromatic nitrogens is 5. The zero-order valence-corrected chi connectivity index (χ0v) is 18.9. The predicted octanol–water partition coefficient (Wildman–Crippen LogP) is 3.42. The third kappa shape index (κ3) is 2.70. The van der Waals surface area contributed by atoms with Crippen molar-refractivity contribution in [3.05, 3.63) is 97.4 Å². The molecule has 162 valence electrons. The van der Waals surface area contributed by atoms with Crippen LogP contribution in [0.25, 0.3) is 22.6 Å². The second-order valence-electron chi connectivity index (χ2n) is 8.37. The van der Waals surface area contributed by atoms with Crippen molar-refractivity contribution >= 4 is 16.9 Å². The first kappa shape index (κ1) is 20.1. The summed E-state index contributed by atoms with van der Waals surface area (Å²) in [6.07, 6.45) is 0. The number of hydrogen-bond acceptors (Lipinski definition) is 3. The molecule has 0 aliphatic rings. The number of para-hydroxylation sites is 1. The maximum absolute atomic E-state index is 13.6. The van der Waals surface area contributed by atoms with E-state index in [0.29, 0.717) is 16.9 Å². The zero-order valence-electron chi connectivity index (χ0n) is 18.9. The van der Waals surface area contributed by atoms with Crippen LogP contribution in [-0.2, 0) is 13.6 Å². The molecule has 0 atom stereocenters. The van der Waals surface area contributed by atoms with Crippen LogP contribution in [0.1, 0.15) is 28.1 Å². The molecule has 5 aromatic rings. The van der Waals surface area contributed by atoms with Gasteiger partial charge in [0, 0.05) is 18.4 Å². The van der Waals surface area contributed by atoms with E-state index < -0.39 is 0 Å². The molecule has 0 spiro atoms. The Labute approximate surface area is 184 Å². The minimum Gasteiger partial charge on any atom is -0.282 e. The smallest absolute Gasteiger partial charge is 0.282 e. The normalized spacial score (nSPS) is 11.7. The zero-order chi connectivity index (χ0) is 22.7. The Bertz CT molecular complexity index is 1650. The fraction of sp³-hybridized carbons (Fsp3) is 0.240. The highest BCUT2D eigenvalue weighted by atomic mass is 16.2. The van der Waals surface area contributed by atoms with Gasteiger partial charge in [-0.25, -0.2) is 4.79 Å². The molecule has 0 aliphatic carbocycles. The maximum atomic E-state index is 13.6. The van der Waals surface area contributed by atoms with Crippen LogP contribution in [0, 0.1) is 27.7 Å². The molecule has 0 N–H and O–H groups in total. The molecule has 0 saturated heterocycles. The van der Waals surface area contributed by atoms with E-state index in [-0.39, 0.29) is 17.8 Å². The fourth-order valence-electron chi connectivity index (χ4n) is 4.45. The van der Waals surface area contributed by atoms with Crippen LogP contribution in [0.15, 0.2) is 58.1 Å². The Morgan fingerprint density at radius 2 is 1.50 bits per heavy atom. The Morgan fingerprint density at radius 3 is 2.19 bits per heavy atom. The molecular formula is C25H25N5O2. The summed E-state index contributed by atoms with van der Waals surface area (Å²) in [5.74, 6) is 0.630. The van der Waals surface area contributed by atoms with Crippen molar-refractivity contribution in [1.29, 1.82) is 0 Å². The molecule has 7 heteroatoms. The lowest BCUT2D eigenvalue weighted by atomic mass is 10.1. The molecule has 0 aliphatic heterocycles. The first-order valence-electron chi connectivity index (χ1n) is 10.6. The molecule has 0 amide bonds. The molecule has 2 aromatic carbocycles. The van der Waals surface area contributed by atoms with Gasteiger partial charge in [0.1, 0.15) is 0 Å². The maximum Gasteiger partial charge on any atom is 0.332 e. The third-order valence-electron chi connectivity index (χ3n) is 6.47. The second kappa shape index (κ2) is 7.09. The van der Waals surface area contributed by atoms with Crippen molar-refractivity contribution in [1.82, 2.24) is 23.1 Å². The van der Waals surface area contributed by atoms with E-state index in [4.69, 9.17) is 4.98 Å². The van der Waals surface area contributed by atoms with Gasteiger partial charge in [0.05, 0.1) is 12.2 Å². The molecule has 3 aromatic heterocycles. The molecule has 5 rings (SSSR count). The molecule has 32 heavy (non-hydrogen) atoms. The van der Waals surface area contributed by atoms with E-state index in [0.717, 1.165) is 33.8 Å². The molecule has 3 heterocycles. The topological polar surface area (TPSA) is 66.2 Å². The van der Waals surface area contributed by atoms with Crippen molar-refractivity contribution < 1.29 is 0 Å². The number of nitrogens with zero attached hydrogens (tertiary/aromatic N) is 5. The Balaban J connectivity index is 1.87. The van der Waals surface area contributed by atoms with Gasteiger partial charge in [-0.3, -0.25) is 22.9 Å². The molecule has 0 unspecified atom stereocenters. The number of aryl methyl sites for hydroxylation is 4. The largest absolute Gasteiger partial charge is 0.332 e. The van der Waals surface area contributed by atoms with E-state index in [1.807, 2.05) is 80.6 Å². The molecule has 0 saturated carbocycles. The van der Waals surface area contributed by atoms with Crippen molar-refractivity contribution in [3.63, 3.8) is 0 Å². The van der Waals surface area contributed by atoms with Crippen LogP contribution in [0.5, 0.6) is 0 Å². The summed E-state index contributed by atoms with van der Waals surface area (Å²) in [6, 6.07) is 15.9. The number of benzene rings is 2. The van der Waals surface area contributed by atoms with Crippen LogP contribution in [0.2, 0.25) is 0 Å². The minimum absolute atomic E-state index is 0.220. The van der Waals surface area contributed by atoms with Gasteiger partial charge in [-0.05, 0) is 50.5 Å². The molecule has 0 bridgehead atoms. The molecule has 0 radical (unpaired) electrons. The number of fused-ring (bicyclic) bond motifs is 3. The summed E-state index contributed by atoms with van der Waals surface area (Å²) < 4.78 is 6.71. The lowest BCUT2D eigenvalue weighted by molar-refractivity contribution is 0.654. The van der Waals surface area contributed by atoms with Gasteiger partial charge in [0.25, 0.3) is 5.56 Å². The number of rotatable bonds is 3. The second-order valence-corrected chi connectivity index (χ2v) is 8.37. The van der Waals surface area contributed by atoms with Gasteiger partial charge in [0.15, 0.2) is 11.2 Å². The molecular weight excluding hydrogens is 402 g/mol. The Hall–Kier alpha value is -3.87. The first-order chi connectivity index (χ1) is 15.3. The Kier molecular flexibility index (Phi) is 4.44. The standard InChI is InChI=1S/C25H25N5O2/c1-15-10-6-8-12-19(15)14-28-23(31)21-22(27(5)25(28)32)26-24-29(17(3)18(4)30(21)24)20-13-9-7-11-16(20)2/h6-13H,14H2,1-5H3. The highest BCUT2D eigenvalue weighted by molar-refractivity contribution is 5.77. The van der Waals surface area contributed by atoms with E-state index in [9.17, 15) is 9.59 Å². The Morgan fingerprint density at radius 1 is 0.844 bits per heavy atom. The highest BCUT2D eigenvalue weighted by Crippen LogP contribution is 2.26. The number of hydrogen-bond donors (Lipinski definition) is 0. The molecule has 0 fully saturated rings. The van der Waals surface area contributed by atoms with Crippen LogP contribution in [0.3, 0.4) is 0 Å². The third-order valence-corrected chi connectivity index (χ3v) is 6.47. The summed E-state index contributed by atoms with van der Waals surface area (Å²) in [4.78, 5) is 31.6. The average Bonchev–Trinajstić information content (AvgIpc) is 3.27. The van der Waals surface area contributed by atoms with Crippen molar-refractivity contribution in [3.8, 4) is 5.69 Å². The minimum atomic E-state index is -0.372. The van der Waals surface area contributed by atoms with Crippen molar-refractivity contribution in [2.45, 2.75) is 34.2 Å². The lowest BCUT2D eigenvalue weighted by Gasteiger charge is -2.10. The monoisotopic (exact) mass is 427 g/mol. The summed E-state index contributed by atoms with van der Waals surface area (Å²) in [6.45, 7) is 8.26. The summed E-state index contributed by atoms with van der Waals surface area (Å²) in [5.41, 5.74) is 6.12. The van der Waals surface area contributed by atoms with Gasteiger partial charge in [0.2, 0.25) is 5.78 Å². The van der Waals surface area contributed by atoms with E-state index >= 15 is 0 Å². The number of imidazole rings is 2. The fourth-order valence-corrected chi connectivity index (χ4v) is 4.45. The van der Waals surface area contributed by atoms with Gasteiger partial charge in [-0.15, -0.1) is 0 Å². The summed E-state index contributed by atoms with van der Waals surface area (Å²) in [7, 11) is 1.67. The lowest BCUT2D eigenvalue weighted by Crippen LogP contribution is -2.39. The highest BCUT2D eigenvalue weighted by Gasteiger charge is 2.23. The van der Waals surface area contributed by atoms with Gasteiger partial charge in [-0.2, -0.15) is 4.98 Å². The van der Waals surface area contributed by atoms with Gasteiger partial charge >= 0.3 is 5.69 Å². The average molecular weight is 428 g/mol. The van der Waals surface area contributed by atoms with Crippen LogP contribution >= 0.6 is 0 Å². The van der Waals surface area contributed by atoms with Gasteiger partial charge < -0.3 is 0 Å². The summed E-state index contributed by atoms with van der Waals surface area (Å²) >= 11 is 0. The van der Waals surface area contributed by atoms with Gasteiger partial charge in [-0.1, -0.05) is 42.5 Å². The van der Waals surface area contributed by atoms with Crippen molar-refractivity contribution in [2.24, 2.45) is 7.05 Å². The summed E-state index contributed by atoms with van der Waals surface area (Å²) in [5, 5.41) is 0. The van der Waals surface area contributed by atoms with Crippen LogP contribution in [0.4, 0.5) is 0 Å². The predicted molar refractivity (Wildman–Crippen MR) is 126 cm³/mol. The first-order valence-corrected chi connectivity index (χ1v) is 10.6. The quantitative estimate of drug-likeness (QED) is 0.443. The van der Waals surface area contributed by atoms with E-state index in [1.54, 1.807) is 7.05 Å². The van der Waals surface area contributed by atoms with Crippen LogP contribution < -0.4 is 11.2 Å².